The van der Waals surface area contributed by atoms with Crippen LogP contribution in [0.4, 0.5) is 0 Å². The van der Waals surface area contributed by atoms with E-state index in [2.05, 4.69) is 0 Å². The number of aliphatic carboxylic acids is 1. The fourth-order valence-corrected chi connectivity index (χ4v) is 1.21. The van der Waals surface area contributed by atoms with E-state index in [1.807, 2.05) is 0 Å². The van der Waals surface area contributed by atoms with Gasteiger partial charge in [0.05, 0.1) is 31.6 Å². The van der Waals surface area contributed by atoms with E-state index in [0.29, 0.717) is 5.57 Å². The van der Waals surface area contributed by atoms with Crippen LogP contribution in [-0.2, 0) is 14.3 Å². The van der Waals surface area contributed by atoms with Gasteiger partial charge in [-0.25, -0.2) is 4.79 Å². The average Bonchev–Trinajstić information content (AvgIpc) is 2.24. The number of hydrogen-bond acceptors (Lipinski definition) is 3. The Morgan fingerprint density at radius 1 is 1.50 bits per heavy atom. The highest BCUT2D eigenvalue weighted by Crippen LogP contribution is 2.08. The van der Waals surface area contributed by atoms with Gasteiger partial charge in [0, 0.05) is 5.57 Å². The zero-order chi connectivity index (χ0) is 16.1. The molecule has 0 unspecified atom stereocenters. The molecule has 0 fully saturated rings. The molecule has 0 bridgehead atoms. The lowest BCUT2D eigenvalue weighted by Gasteiger charge is -2.28. The molecule has 6 heteroatoms. The van der Waals surface area contributed by atoms with E-state index in [4.69, 9.17) is 14.0 Å². The highest BCUT2D eigenvalue weighted by molar-refractivity contribution is 5.87. The van der Waals surface area contributed by atoms with Crippen LogP contribution in [0.5, 0.6) is 0 Å². The molecule has 0 spiro atoms. The Morgan fingerprint density at radius 3 is 2.44 bits per heavy atom. The first-order chi connectivity index (χ1) is 8.90. The molecule has 1 atom stereocenters. The van der Waals surface area contributed by atoms with Gasteiger partial charge in [0.15, 0.2) is 6.10 Å². The van der Waals surface area contributed by atoms with Gasteiger partial charge in [-0.1, -0.05) is 6.08 Å². The molecule has 0 heterocycles. The standard InChI is InChI=1S/C12H21NO4.ClH/c1-6-9(2)12(16)17-10(7-11(14)15)8-13(3,4)5;/h6,10H,7-8H2,1-5H3;1H/b9-6+;/t10-;/m1./s1/i3D3;. The van der Waals surface area contributed by atoms with Crippen LogP contribution < -0.4 is 12.4 Å². The number of quaternary nitrogens is 1. The summed E-state index contributed by atoms with van der Waals surface area (Å²) in [6.07, 6.45) is 0.120. The van der Waals surface area contributed by atoms with Gasteiger partial charge in [-0.05, 0) is 13.8 Å². The Bertz CT molecular complexity index is 408. The van der Waals surface area contributed by atoms with Crippen LogP contribution in [0.3, 0.4) is 0 Å². The lowest BCUT2D eigenvalue weighted by molar-refractivity contribution is -0.873. The lowest BCUT2D eigenvalue weighted by atomic mass is 10.2. The first kappa shape index (κ1) is 13.4. The Labute approximate surface area is 119 Å². The zero-order valence-electron chi connectivity index (χ0n) is 14.1. The number of ether oxygens (including phenoxy) is 1. The molecular formula is C12H22ClNO4. The summed E-state index contributed by atoms with van der Waals surface area (Å²) < 4.78 is 26.9. The predicted molar refractivity (Wildman–Crippen MR) is 64.5 cm³/mol. The lowest BCUT2D eigenvalue weighted by Crippen LogP contribution is -3.00. The third-order valence-corrected chi connectivity index (χ3v) is 2.09. The van der Waals surface area contributed by atoms with Crippen LogP contribution >= 0.6 is 0 Å². The maximum Gasteiger partial charge on any atom is 0.333 e. The van der Waals surface area contributed by atoms with Crippen molar-refractivity contribution in [3.8, 4) is 0 Å². The van der Waals surface area contributed by atoms with Crippen molar-refractivity contribution < 1.29 is 40.4 Å². The highest BCUT2D eigenvalue weighted by atomic mass is 35.5. The van der Waals surface area contributed by atoms with Crippen molar-refractivity contribution in [2.75, 3.05) is 27.6 Å². The van der Waals surface area contributed by atoms with E-state index in [-0.39, 0.29) is 19.0 Å². The Kier molecular flexibility index (Phi) is 6.02. The van der Waals surface area contributed by atoms with Crippen LogP contribution in [0, 0.1) is 0 Å². The number of carboxylic acid groups (broad SMARTS) is 1. The van der Waals surface area contributed by atoms with E-state index in [9.17, 15) is 9.59 Å². The molecule has 0 amide bonds. The second kappa shape index (κ2) is 8.11. The van der Waals surface area contributed by atoms with E-state index in [0.717, 1.165) is 0 Å². The first-order valence-corrected chi connectivity index (χ1v) is 5.29. The number of carboxylic acids is 1. The molecule has 106 valence electrons. The molecular weight excluding hydrogens is 258 g/mol. The Morgan fingerprint density at radius 2 is 2.06 bits per heavy atom. The molecule has 0 saturated heterocycles. The van der Waals surface area contributed by atoms with Crippen LogP contribution in [0.25, 0.3) is 0 Å². The normalized spacial score (nSPS) is 16.7. The summed E-state index contributed by atoms with van der Waals surface area (Å²) in [4.78, 5) is 22.5. The summed E-state index contributed by atoms with van der Waals surface area (Å²) in [5.41, 5.74) is 0.347. The molecule has 18 heavy (non-hydrogen) atoms. The number of allylic oxidation sites excluding steroid dienone is 1. The number of esters is 1. The van der Waals surface area contributed by atoms with E-state index in [1.165, 1.54) is 14.1 Å². The monoisotopic (exact) mass is 282 g/mol. The molecule has 0 aromatic heterocycles. The molecule has 0 aliphatic rings. The molecule has 0 radical (unpaired) electrons. The van der Waals surface area contributed by atoms with E-state index < -0.39 is 35.9 Å². The van der Waals surface area contributed by atoms with Crippen molar-refractivity contribution in [3.63, 3.8) is 0 Å². The van der Waals surface area contributed by atoms with Gasteiger partial charge < -0.3 is 26.7 Å². The fraction of sp³-hybridized carbons (Fsp3) is 0.667. The molecule has 0 aromatic carbocycles. The summed E-state index contributed by atoms with van der Waals surface area (Å²) in [5, 5.41) is 8.84. The number of halogens is 1. The quantitative estimate of drug-likeness (QED) is 0.349. The van der Waals surface area contributed by atoms with Gasteiger partial charge in [0.25, 0.3) is 0 Å². The van der Waals surface area contributed by atoms with E-state index >= 15 is 0 Å². The fourth-order valence-electron chi connectivity index (χ4n) is 1.21. The smallest absolute Gasteiger partial charge is 0.333 e. The largest absolute Gasteiger partial charge is 1.00 e. The van der Waals surface area contributed by atoms with Crippen LogP contribution in [-0.4, -0.2) is 55.2 Å². The molecule has 0 aliphatic carbocycles. The second-order valence-corrected chi connectivity index (χ2v) is 4.46. The SMILES string of the molecule is [2H]C([2H])([2H])[N+](C)(C)C[C@@H](CC(=O)O)OC(=O)/C(C)=C/C.[Cl-]. The third-order valence-electron chi connectivity index (χ3n) is 2.09. The van der Waals surface area contributed by atoms with Crippen LogP contribution in [0.15, 0.2) is 11.6 Å². The molecule has 0 saturated carbocycles. The summed E-state index contributed by atoms with van der Waals surface area (Å²) in [5.74, 6) is -1.78. The first-order valence-electron chi connectivity index (χ1n) is 6.79. The molecule has 5 nitrogen and oxygen atoms in total. The molecule has 1 N–H and O–H groups in total. The minimum Gasteiger partial charge on any atom is -1.00 e. The minimum absolute atomic E-state index is 0. The van der Waals surface area contributed by atoms with Gasteiger partial charge in [0.1, 0.15) is 6.54 Å². The Balaban J connectivity index is 0. The number of hydrogen-bond donors (Lipinski definition) is 1. The van der Waals surface area contributed by atoms with Crippen molar-refractivity contribution in [2.45, 2.75) is 26.4 Å². The zero-order valence-corrected chi connectivity index (χ0v) is 11.8. The number of carbonyl (C=O) groups excluding carboxylic acids is 1. The van der Waals surface area contributed by atoms with Gasteiger partial charge in [0.2, 0.25) is 0 Å². The number of carbonyl (C=O) groups is 2. The van der Waals surface area contributed by atoms with Crippen LogP contribution in [0.2, 0.25) is 0 Å². The molecule has 0 aromatic rings. The number of likely N-dealkylation sites (N-methyl/N-ethyl adjacent to an activating group) is 1. The van der Waals surface area contributed by atoms with Crippen molar-refractivity contribution in [1.29, 1.82) is 0 Å². The summed E-state index contributed by atoms with van der Waals surface area (Å²) >= 11 is 0. The predicted octanol–water partition coefficient (Wildman–Crippen LogP) is -1.95. The molecule has 0 aliphatic heterocycles. The summed E-state index contributed by atoms with van der Waals surface area (Å²) in [6.45, 7) is 0.777. The number of nitrogens with zero attached hydrogens (tertiary/aromatic N) is 1. The maximum absolute atomic E-state index is 11.7. The molecule has 0 rings (SSSR count). The van der Waals surface area contributed by atoms with Gasteiger partial charge in [-0.15, -0.1) is 0 Å². The van der Waals surface area contributed by atoms with Gasteiger partial charge >= 0.3 is 11.9 Å². The highest BCUT2D eigenvalue weighted by Gasteiger charge is 2.24. The summed E-state index contributed by atoms with van der Waals surface area (Å²) in [7, 11) is 2.89. The second-order valence-electron chi connectivity index (χ2n) is 4.46. The van der Waals surface area contributed by atoms with Gasteiger partial charge in [-0.2, -0.15) is 0 Å². The third kappa shape index (κ3) is 9.01. The number of rotatable bonds is 6. The minimum atomic E-state index is -2.32. The maximum atomic E-state index is 11.7. The average molecular weight is 283 g/mol. The van der Waals surface area contributed by atoms with Crippen molar-refractivity contribution in [2.24, 2.45) is 0 Å². The van der Waals surface area contributed by atoms with Crippen molar-refractivity contribution >= 4 is 11.9 Å². The van der Waals surface area contributed by atoms with Crippen molar-refractivity contribution in [3.05, 3.63) is 11.6 Å². The van der Waals surface area contributed by atoms with Crippen molar-refractivity contribution in [1.82, 2.24) is 0 Å². The summed E-state index contributed by atoms with van der Waals surface area (Å²) in [6, 6.07) is 0. The topological polar surface area (TPSA) is 63.6 Å². The van der Waals surface area contributed by atoms with Gasteiger partial charge in [-0.3, -0.25) is 4.79 Å². The van der Waals surface area contributed by atoms with E-state index in [1.54, 1.807) is 19.9 Å². The Hall–Kier alpha value is -1.07. The van der Waals surface area contributed by atoms with Crippen LogP contribution in [0.1, 0.15) is 24.4 Å².